The summed E-state index contributed by atoms with van der Waals surface area (Å²) in [5.74, 6) is -0.529. The zero-order valence-corrected chi connectivity index (χ0v) is 18.2. The van der Waals surface area contributed by atoms with E-state index in [-0.39, 0.29) is 22.5 Å². The van der Waals surface area contributed by atoms with E-state index in [0.717, 1.165) is 16.3 Å². The molecule has 1 saturated heterocycles. The number of hydrogen-bond donors (Lipinski definition) is 0. The van der Waals surface area contributed by atoms with Gasteiger partial charge in [0, 0.05) is 32.6 Å². The fraction of sp³-hybridized carbons (Fsp3) is 0.292. The van der Waals surface area contributed by atoms with Crippen LogP contribution in [-0.2, 0) is 21.4 Å². The second-order valence-electron chi connectivity index (χ2n) is 8.01. The lowest BCUT2D eigenvalue weighted by Gasteiger charge is -2.32. The molecule has 1 amide bonds. The van der Waals surface area contributed by atoms with Gasteiger partial charge in [-0.1, -0.05) is 42.5 Å². The fourth-order valence-electron chi connectivity index (χ4n) is 4.07. The third-order valence-corrected chi connectivity index (χ3v) is 7.77. The summed E-state index contributed by atoms with van der Waals surface area (Å²) in [6.07, 6.45) is 0.971. The Morgan fingerprint density at radius 3 is 2.32 bits per heavy atom. The predicted molar refractivity (Wildman–Crippen MR) is 118 cm³/mol. The number of hydrogen-bond acceptors (Lipinski definition) is 3. The van der Waals surface area contributed by atoms with Crippen LogP contribution < -0.4 is 0 Å². The number of benzene rings is 3. The Hall–Kier alpha value is -2.77. The van der Waals surface area contributed by atoms with Gasteiger partial charge < -0.3 is 4.90 Å². The lowest BCUT2D eigenvalue weighted by Crippen LogP contribution is -2.43. The first-order valence-corrected chi connectivity index (χ1v) is 11.8. The van der Waals surface area contributed by atoms with Gasteiger partial charge in [-0.15, -0.1) is 0 Å². The van der Waals surface area contributed by atoms with Crippen molar-refractivity contribution in [2.24, 2.45) is 5.92 Å². The van der Waals surface area contributed by atoms with Gasteiger partial charge in [-0.25, -0.2) is 12.8 Å². The number of amides is 1. The minimum atomic E-state index is -3.60. The zero-order chi connectivity index (χ0) is 22.0. The summed E-state index contributed by atoms with van der Waals surface area (Å²) >= 11 is 0. The third kappa shape index (κ3) is 4.62. The second kappa shape index (κ2) is 8.77. The first-order chi connectivity index (χ1) is 14.8. The molecule has 1 fully saturated rings. The number of carbonyl (C=O) groups is 1. The molecule has 3 aromatic carbocycles. The molecule has 3 aromatic rings. The van der Waals surface area contributed by atoms with Crippen molar-refractivity contribution < 1.29 is 17.6 Å². The summed E-state index contributed by atoms with van der Waals surface area (Å²) < 4.78 is 40.8. The summed E-state index contributed by atoms with van der Waals surface area (Å²) in [7, 11) is -1.88. The molecule has 0 bridgehead atoms. The molecular weight excluding hydrogens is 415 g/mol. The molecule has 0 aliphatic carbocycles. The Morgan fingerprint density at radius 2 is 1.65 bits per heavy atom. The first-order valence-electron chi connectivity index (χ1n) is 10.3. The molecule has 0 atom stereocenters. The lowest BCUT2D eigenvalue weighted by molar-refractivity contribution is -0.135. The van der Waals surface area contributed by atoms with E-state index in [2.05, 4.69) is 0 Å². The van der Waals surface area contributed by atoms with Gasteiger partial charge in [-0.3, -0.25) is 4.79 Å². The molecule has 0 spiro atoms. The highest BCUT2D eigenvalue weighted by molar-refractivity contribution is 7.89. The van der Waals surface area contributed by atoms with Crippen LogP contribution in [0.15, 0.2) is 71.6 Å². The van der Waals surface area contributed by atoms with Gasteiger partial charge in [0.1, 0.15) is 5.82 Å². The van der Waals surface area contributed by atoms with E-state index in [1.165, 1.54) is 16.4 Å². The van der Waals surface area contributed by atoms with E-state index in [1.807, 2.05) is 30.3 Å². The molecule has 0 N–H and O–H groups in total. The van der Waals surface area contributed by atoms with E-state index in [4.69, 9.17) is 0 Å². The SMILES string of the molecule is CN(Cc1ccc(F)cc1)C(=O)C1CCN(S(=O)(=O)c2ccc3ccccc3c2)CC1. The molecule has 0 unspecified atom stereocenters. The van der Waals surface area contributed by atoms with Crippen LogP contribution in [0.4, 0.5) is 4.39 Å². The van der Waals surface area contributed by atoms with E-state index >= 15 is 0 Å². The summed E-state index contributed by atoms with van der Waals surface area (Å²) in [6.45, 7) is 1.03. The van der Waals surface area contributed by atoms with Gasteiger partial charge in [0.15, 0.2) is 0 Å². The normalized spacial score (nSPS) is 15.8. The van der Waals surface area contributed by atoms with Gasteiger partial charge in [-0.2, -0.15) is 4.31 Å². The van der Waals surface area contributed by atoms with Crippen molar-refractivity contribution in [3.05, 3.63) is 78.1 Å². The fourth-order valence-corrected chi connectivity index (χ4v) is 5.58. The lowest BCUT2D eigenvalue weighted by atomic mass is 9.96. The molecule has 0 aromatic heterocycles. The molecule has 31 heavy (non-hydrogen) atoms. The monoisotopic (exact) mass is 440 g/mol. The Labute approximate surface area is 182 Å². The number of rotatable bonds is 5. The number of piperidine rings is 1. The molecule has 5 nitrogen and oxygen atoms in total. The van der Waals surface area contributed by atoms with Crippen molar-refractivity contribution in [2.75, 3.05) is 20.1 Å². The van der Waals surface area contributed by atoms with Crippen LogP contribution in [0, 0.1) is 11.7 Å². The quantitative estimate of drug-likeness (QED) is 0.602. The second-order valence-corrected chi connectivity index (χ2v) is 9.95. The molecule has 4 rings (SSSR count). The summed E-state index contributed by atoms with van der Waals surface area (Å²) in [6, 6.07) is 18.9. The maximum absolute atomic E-state index is 13.1. The Balaban J connectivity index is 1.39. The Morgan fingerprint density at radius 1 is 1.00 bits per heavy atom. The van der Waals surface area contributed by atoms with Crippen molar-refractivity contribution in [1.29, 1.82) is 0 Å². The molecule has 162 valence electrons. The van der Waals surface area contributed by atoms with Crippen LogP contribution in [0.5, 0.6) is 0 Å². The van der Waals surface area contributed by atoms with Crippen LogP contribution in [0.25, 0.3) is 10.8 Å². The highest BCUT2D eigenvalue weighted by Crippen LogP contribution is 2.27. The molecular formula is C24H25FN2O3S. The third-order valence-electron chi connectivity index (χ3n) is 5.87. The molecule has 1 aliphatic rings. The van der Waals surface area contributed by atoms with Crippen molar-refractivity contribution in [3.63, 3.8) is 0 Å². The summed E-state index contributed by atoms with van der Waals surface area (Å²) in [5, 5.41) is 1.88. The number of fused-ring (bicyclic) bond motifs is 1. The maximum Gasteiger partial charge on any atom is 0.243 e. The average Bonchev–Trinajstić information content (AvgIpc) is 2.79. The minimum absolute atomic E-state index is 0.00734. The number of halogens is 1. The van der Waals surface area contributed by atoms with Crippen molar-refractivity contribution in [1.82, 2.24) is 9.21 Å². The standard InChI is InChI=1S/C24H25FN2O3S/c1-26(17-18-6-9-22(25)10-7-18)24(28)20-12-14-27(15-13-20)31(29,30)23-11-8-19-4-2-3-5-21(19)16-23/h2-11,16,20H,12-15,17H2,1H3. The smallest absolute Gasteiger partial charge is 0.243 e. The van der Waals surface area contributed by atoms with Crippen molar-refractivity contribution in [2.45, 2.75) is 24.3 Å². The number of sulfonamides is 1. The topological polar surface area (TPSA) is 57.7 Å². The van der Waals surface area contributed by atoms with E-state index in [0.29, 0.717) is 32.5 Å². The Bertz CT molecular complexity index is 1190. The van der Waals surface area contributed by atoms with E-state index in [1.54, 1.807) is 36.2 Å². The van der Waals surface area contributed by atoms with Crippen LogP contribution in [0.3, 0.4) is 0 Å². The molecule has 1 aliphatic heterocycles. The highest BCUT2D eigenvalue weighted by atomic mass is 32.2. The van der Waals surface area contributed by atoms with Crippen molar-refractivity contribution in [3.8, 4) is 0 Å². The number of nitrogens with zero attached hydrogens (tertiary/aromatic N) is 2. The van der Waals surface area contributed by atoms with Gasteiger partial charge in [-0.05, 0) is 53.4 Å². The van der Waals surface area contributed by atoms with E-state index < -0.39 is 10.0 Å². The number of carbonyl (C=O) groups excluding carboxylic acids is 1. The van der Waals surface area contributed by atoms with Gasteiger partial charge in [0.2, 0.25) is 15.9 Å². The molecule has 7 heteroatoms. The molecule has 1 heterocycles. The Kier molecular flexibility index (Phi) is 6.07. The maximum atomic E-state index is 13.1. The van der Waals surface area contributed by atoms with Crippen LogP contribution in [0.2, 0.25) is 0 Å². The van der Waals surface area contributed by atoms with Crippen LogP contribution in [-0.4, -0.2) is 43.7 Å². The van der Waals surface area contributed by atoms with Gasteiger partial charge >= 0.3 is 0 Å². The van der Waals surface area contributed by atoms with Gasteiger partial charge in [0.25, 0.3) is 0 Å². The minimum Gasteiger partial charge on any atom is -0.341 e. The summed E-state index contributed by atoms with van der Waals surface area (Å²) in [4.78, 5) is 14.7. The van der Waals surface area contributed by atoms with Crippen LogP contribution >= 0.6 is 0 Å². The highest BCUT2D eigenvalue weighted by Gasteiger charge is 2.33. The van der Waals surface area contributed by atoms with Crippen LogP contribution in [0.1, 0.15) is 18.4 Å². The predicted octanol–water partition coefficient (Wildman–Crippen LogP) is 4.04. The molecule has 0 saturated carbocycles. The van der Waals surface area contributed by atoms with Crippen molar-refractivity contribution >= 4 is 26.7 Å². The van der Waals surface area contributed by atoms with E-state index in [9.17, 15) is 17.6 Å². The summed E-state index contributed by atoms with van der Waals surface area (Å²) in [5.41, 5.74) is 0.855. The average molecular weight is 441 g/mol. The van der Waals surface area contributed by atoms with Gasteiger partial charge in [0.05, 0.1) is 4.90 Å². The molecule has 0 radical (unpaired) electrons. The first kappa shape index (κ1) is 21.5. The largest absolute Gasteiger partial charge is 0.341 e. The zero-order valence-electron chi connectivity index (χ0n) is 17.4.